The van der Waals surface area contributed by atoms with Crippen LogP contribution in [0.3, 0.4) is 0 Å². The number of carbonyl (C=O) groups excluding carboxylic acids is 1. The van der Waals surface area contributed by atoms with Crippen LogP contribution in [0.2, 0.25) is 0 Å². The molecule has 1 fully saturated rings. The third kappa shape index (κ3) is 3.54. The lowest BCUT2D eigenvalue weighted by atomic mass is 9.96. The highest BCUT2D eigenvalue weighted by Gasteiger charge is 2.29. The summed E-state index contributed by atoms with van der Waals surface area (Å²) in [5.41, 5.74) is 10.5. The molecular formula is C23H27N5O2S. The molecule has 31 heavy (non-hydrogen) atoms. The second kappa shape index (κ2) is 8.11. The second-order valence-electron chi connectivity index (χ2n) is 8.20. The Morgan fingerprint density at radius 1 is 1.16 bits per heavy atom. The topological polar surface area (TPSA) is 74.9 Å². The van der Waals surface area contributed by atoms with Gasteiger partial charge in [0.05, 0.1) is 18.9 Å². The smallest absolute Gasteiger partial charge is 0.270 e. The van der Waals surface area contributed by atoms with Gasteiger partial charge in [0.2, 0.25) is 0 Å². The molecule has 7 nitrogen and oxygen atoms in total. The van der Waals surface area contributed by atoms with E-state index in [0.717, 1.165) is 54.3 Å². The lowest BCUT2D eigenvalue weighted by Gasteiger charge is -2.33. The number of anilines is 3. The maximum atomic E-state index is 13.3. The van der Waals surface area contributed by atoms with Crippen LogP contribution in [0.25, 0.3) is 10.2 Å². The molecule has 0 bridgehead atoms. The molecule has 2 aliphatic heterocycles. The number of morpholine rings is 1. The summed E-state index contributed by atoms with van der Waals surface area (Å²) in [6, 6.07) is 9.64. The number of nitrogen functional groups attached to an aromatic ring is 1. The van der Waals surface area contributed by atoms with Crippen LogP contribution in [0.15, 0.2) is 30.3 Å². The first-order valence-corrected chi connectivity index (χ1v) is 11.4. The third-order valence-corrected chi connectivity index (χ3v) is 7.28. The van der Waals surface area contributed by atoms with Crippen LogP contribution >= 0.6 is 11.3 Å². The molecule has 4 heterocycles. The largest absolute Gasteiger partial charge is 0.397 e. The number of nitrogens with two attached hydrogens (primary N) is 1. The first kappa shape index (κ1) is 20.2. The van der Waals surface area contributed by atoms with Crippen LogP contribution in [0.5, 0.6) is 0 Å². The summed E-state index contributed by atoms with van der Waals surface area (Å²) >= 11 is 1.41. The van der Waals surface area contributed by atoms with Gasteiger partial charge in [-0.1, -0.05) is 18.2 Å². The van der Waals surface area contributed by atoms with Crippen molar-refractivity contribution in [1.29, 1.82) is 0 Å². The standard InChI is InChI=1S/C23H27N5O2S/c1-26-9-8-16-17(14-26)21(28-10-12-30-13-11-28)25-22-18(16)19(24)20(31-22)23(29)27(2)15-6-4-3-5-7-15/h3-7H,8-14,24H2,1-2H3. The predicted molar refractivity (Wildman–Crippen MR) is 126 cm³/mol. The molecule has 0 spiro atoms. The van der Waals surface area contributed by atoms with E-state index in [9.17, 15) is 4.79 Å². The normalized spacial score (nSPS) is 17.0. The molecule has 1 saturated heterocycles. The van der Waals surface area contributed by atoms with Gasteiger partial charge in [0, 0.05) is 49.9 Å². The van der Waals surface area contributed by atoms with E-state index in [-0.39, 0.29) is 5.91 Å². The number of para-hydroxylation sites is 1. The lowest BCUT2D eigenvalue weighted by molar-refractivity contribution is 0.0997. The van der Waals surface area contributed by atoms with Crippen LogP contribution in [0.1, 0.15) is 20.8 Å². The van der Waals surface area contributed by atoms with E-state index in [4.69, 9.17) is 15.5 Å². The van der Waals surface area contributed by atoms with E-state index in [2.05, 4.69) is 16.8 Å². The van der Waals surface area contributed by atoms with Gasteiger partial charge >= 0.3 is 0 Å². The molecule has 0 saturated carbocycles. The molecule has 1 amide bonds. The van der Waals surface area contributed by atoms with Gasteiger partial charge in [0.15, 0.2) is 0 Å². The first-order chi connectivity index (χ1) is 15.0. The number of hydrogen-bond acceptors (Lipinski definition) is 7. The van der Waals surface area contributed by atoms with Crippen LogP contribution < -0.4 is 15.5 Å². The first-order valence-electron chi connectivity index (χ1n) is 10.6. The Morgan fingerprint density at radius 2 is 1.90 bits per heavy atom. The van der Waals surface area contributed by atoms with Crippen LogP contribution in [0, 0.1) is 0 Å². The minimum Gasteiger partial charge on any atom is -0.397 e. The Bertz CT molecular complexity index is 1120. The number of hydrogen-bond donors (Lipinski definition) is 1. The van der Waals surface area contributed by atoms with Crippen molar-refractivity contribution in [2.75, 3.05) is 62.5 Å². The molecule has 2 aliphatic rings. The van der Waals surface area contributed by atoms with E-state index in [1.54, 1.807) is 11.9 Å². The summed E-state index contributed by atoms with van der Waals surface area (Å²) in [5, 5.41) is 0.968. The Kier molecular flexibility index (Phi) is 5.29. The molecule has 5 rings (SSSR count). The molecule has 3 aromatic rings. The Balaban J connectivity index is 1.63. The van der Waals surface area contributed by atoms with Gasteiger partial charge in [0.25, 0.3) is 5.91 Å². The van der Waals surface area contributed by atoms with Crippen molar-refractivity contribution in [3.05, 3.63) is 46.3 Å². The van der Waals surface area contributed by atoms with Gasteiger partial charge in [-0.25, -0.2) is 4.98 Å². The number of pyridine rings is 1. The number of ether oxygens (including phenoxy) is 1. The molecule has 2 aromatic heterocycles. The third-order valence-electron chi connectivity index (χ3n) is 6.19. The Labute approximate surface area is 186 Å². The van der Waals surface area contributed by atoms with Crippen molar-refractivity contribution in [3.8, 4) is 0 Å². The van der Waals surface area contributed by atoms with Gasteiger partial charge in [0.1, 0.15) is 15.5 Å². The monoisotopic (exact) mass is 437 g/mol. The van der Waals surface area contributed by atoms with Gasteiger partial charge < -0.3 is 25.2 Å². The summed E-state index contributed by atoms with van der Waals surface area (Å²) in [4.78, 5) is 26.1. The maximum absolute atomic E-state index is 13.3. The molecule has 0 unspecified atom stereocenters. The average Bonchev–Trinajstić information content (AvgIpc) is 3.15. The Morgan fingerprint density at radius 3 is 2.65 bits per heavy atom. The van der Waals surface area contributed by atoms with E-state index in [1.807, 2.05) is 30.3 Å². The fraction of sp³-hybridized carbons (Fsp3) is 0.391. The fourth-order valence-electron chi connectivity index (χ4n) is 4.46. The molecule has 1 aromatic carbocycles. The number of thiophene rings is 1. The van der Waals surface area contributed by atoms with Crippen LogP contribution in [-0.4, -0.2) is 62.7 Å². The number of rotatable bonds is 3. The zero-order chi connectivity index (χ0) is 21.5. The molecule has 162 valence electrons. The van der Waals surface area contributed by atoms with Gasteiger partial charge in [-0.15, -0.1) is 11.3 Å². The quantitative estimate of drug-likeness (QED) is 0.679. The SMILES string of the molecule is CN1CCc2c(c(N3CCOCC3)nc3sc(C(=O)N(C)c4ccccc4)c(N)c23)C1. The van der Waals surface area contributed by atoms with Crippen molar-refractivity contribution in [2.24, 2.45) is 0 Å². The number of fused-ring (bicyclic) bond motifs is 3. The van der Waals surface area contributed by atoms with E-state index >= 15 is 0 Å². The lowest BCUT2D eigenvalue weighted by Crippen LogP contribution is -2.39. The molecule has 0 aliphatic carbocycles. The number of carbonyl (C=O) groups is 1. The van der Waals surface area contributed by atoms with E-state index in [1.165, 1.54) is 22.5 Å². The molecule has 2 N–H and O–H groups in total. The van der Waals surface area contributed by atoms with Crippen molar-refractivity contribution < 1.29 is 9.53 Å². The molecule has 0 radical (unpaired) electrons. The zero-order valence-electron chi connectivity index (χ0n) is 17.9. The fourth-order valence-corrected chi connectivity index (χ4v) is 5.56. The summed E-state index contributed by atoms with van der Waals surface area (Å²) in [5.74, 6) is 0.926. The summed E-state index contributed by atoms with van der Waals surface area (Å²) in [7, 11) is 3.93. The van der Waals surface area contributed by atoms with Crippen LogP contribution in [-0.2, 0) is 17.7 Å². The molecule has 8 heteroatoms. The predicted octanol–water partition coefficient (Wildman–Crippen LogP) is 2.98. The van der Waals surface area contributed by atoms with E-state index in [0.29, 0.717) is 23.8 Å². The summed E-state index contributed by atoms with van der Waals surface area (Å²) in [6.45, 7) is 4.89. The minimum absolute atomic E-state index is 0.0960. The summed E-state index contributed by atoms with van der Waals surface area (Å²) in [6.07, 6.45) is 0.908. The van der Waals surface area contributed by atoms with Crippen molar-refractivity contribution in [1.82, 2.24) is 9.88 Å². The van der Waals surface area contributed by atoms with Crippen molar-refractivity contribution in [2.45, 2.75) is 13.0 Å². The highest BCUT2D eigenvalue weighted by Crippen LogP contribution is 2.42. The molecular weight excluding hydrogens is 410 g/mol. The highest BCUT2D eigenvalue weighted by atomic mass is 32.1. The van der Waals surface area contributed by atoms with Crippen molar-refractivity contribution in [3.63, 3.8) is 0 Å². The number of likely N-dealkylation sites (N-methyl/N-ethyl adjacent to an activating group) is 1. The number of benzene rings is 1. The van der Waals surface area contributed by atoms with Crippen LogP contribution in [0.4, 0.5) is 17.2 Å². The Hall–Kier alpha value is -2.68. The maximum Gasteiger partial charge on any atom is 0.270 e. The highest BCUT2D eigenvalue weighted by molar-refractivity contribution is 7.21. The van der Waals surface area contributed by atoms with Gasteiger partial charge in [-0.2, -0.15) is 0 Å². The van der Waals surface area contributed by atoms with Crippen molar-refractivity contribution >= 4 is 44.7 Å². The second-order valence-corrected chi connectivity index (χ2v) is 9.20. The average molecular weight is 438 g/mol. The zero-order valence-corrected chi connectivity index (χ0v) is 18.7. The van der Waals surface area contributed by atoms with Gasteiger partial charge in [-0.05, 0) is 31.2 Å². The number of amides is 1. The number of nitrogens with zero attached hydrogens (tertiary/aromatic N) is 4. The van der Waals surface area contributed by atoms with E-state index < -0.39 is 0 Å². The minimum atomic E-state index is -0.0960. The molecule has 0 atom stereocenters. The van der Waals surface area contributed by atoms with Gasteiger partial charge in [-0.3, -0.25) is 4.79 Å². The summed E-state index contributed by atoms with van der Waals surface area (Å²) < 4.78 is 5.55. The number of aromatic nitrogens is 1.